The maximum Gasteiger partial charge on any atom is -0.00779 e. The maximum atomic E-state index is 2.40. The molecule has 0 aliphatic carbocycles. The lowest BCUT2D eigenvalue weighted by molar-refractivity contribution is 0.314. The first-order valence-electron chi connectivity index (χ1n) is 7.05. The molecule has 1 atom stereocenters. The van der Waals surface area contributed by atoms with E-state index in [2.05, 4.69) is 58.9 Å². The molecular weight excluding hydrogens is 204 g/mol. The van der Waals surface area contributed by atoms with Gasteiger partial charge in [-0.05, 0) is 30.2 Å². The molecule has 0 heterocycles. The van der Waals surface area contributed by atoms with Gasteiger partial charge in [0.1, 0.15) is 0 Å². The van der Waals surface area contributed by atoms with Crippen molar-refractivity contribution in [1.82, 2.24) is 0 Å². The van der Waals surface area contributed by atoms with Crippen LogP contribution in [0.25, 0.3) is 0 Å². The largest absolute Gasteiger partial charge is 0.0654 e. The molecule has 0 aliphatic rings. The molecule has 1 aromatic rings. The van der Waals surface area contributed by atoms with Gasteiger partial charge in [0.2, 0.25) is 0 Å². The van der Waals surface area contributed by atoms with E-state index in [-0.39, 0.29) is 0 Å². The molecule has 96 valence electrons. The summed E-state index contributed by atoms with van der Waals surface area (Å²) in [6, 6.07) is 9.06. The van der Waals surface area contributed by atoms with Crippen molar-refractivity contribution in [2.75, 3.05) is 0 Å². The molecule has 0 heteroatoms. The van der Waals surface area contributed by atoms with E-state index in [4.69, 9.17) is 0 Å². The summed E-state index contributed by atoms with van der Waals surface area (Å²) < 4.78 is 0. The normalized spacial score (nSPS) is 13.7. The van der Waals surface area contributed by atoms with Crippen LogP contribution in [0.5, 0.6) is 0 Å². The van der Waals surface area contributed by atoms with E-state index in [9.17, 15) is 0 Å². The zero-order chi connectivity index (χ0) is 12.9. The minimum absolute atomic E-state index is 0.293. The Labute approximate surface area is 107 Å². The second kappa shape index (κ2) is 6.23. The molecule has 1 aromatic carbocycles. The average molecular weight is 232 g/mol. The van der Waals surface area contributed by atoms with E-state index in [1.54, 1.807) is 0 Å². The van der Waals surface area contributed by atoms with Gasteiger partial charge in [-0.3, -0.25) is 0 Å². The molecule has 0 nitrogen and oxygen atoms in total. The minimum atomic E-state index is 0.293. The molecule has 1 rings (SSSR count). The number of hydrogen-bond acceptors (Lipinski definition) is 0. The van der Waals surface area contributed by atoms with Gasteiger partial charge in [-0.1, -0.05) is 76.8 Å². The first kappa shape index (κ1) is 14.3. The van der Waals surface area contributed by atoms with Crippen LogP contribution in [0.4, 0.5) is 0 Å². The van der Waals surface area contributed by atoms with E-state index >= 15 is 0 Å². The van der Waals surface area contributed by atoms with E-state index < -0.39 is 0 Å². The summed E-state index contributed by atoms with van der Waals surface area (Å²) in [5.41, 5.74) is 3.12. The van der Waals surface area contributed by atoms with E-state index in [1.807, 2.05) is 0 Å². The van der Waals surface area contributed by atoms with E-state index in [0.717, 1.165) is 5.92 Å². The highest BCUT2D eigenvalue weighted by Crippen LogP contribution is 2.34. The predicted molar refractivity (Wildman–Crippen MR) is 77.5 cm³/mol. The highest BCUT2D eigenvalue weighted by Gasteiger charge is 2.27. The van der Waals surface area contributed by atoms with Crippen LogP contribution in [-0.4, -0.2) is 0 Å². The van der Waals surface area contributed by atoms with Crippen LogP contribution in [0.15, 0.2) is 24.3 Å². The monoisotopic (exact) mass is 232 g/mol. The third-order valence-electron chi connectivity index (χ3n) is 4.27. The lowest BCUT2D eigenvalue weighted by atomic mass is 9.72. The average Bonchev–Trinajstić information content (AvgIpc) is 2.29. The molecule has 0 saturated carbocycles. The summed E-state index contributed by atoms with van der Waals surface area (Å²) in [6.07, 6.45) is 5.40. The highest BCUT2D eigenvalue weighted by molar-refractivity contribution is 5.28. The Morgan fingerprint density at radius 1 is 1.06 bits per heavy atom. The molecular formula is C17H28. The van der Waals surface area contributed by atoms with Crippen LogP contribution < -0.4 is 0 Å². The smallest absolute Gasteiger partial charge is 0.00779 e. The molecule has 1 unspecified atom stereocenters. The molecule has 0 aliphatic heterocycles. The minimum Gasteiger partial charge on any atom is -0.0654 e. The quantitative estimate of drug-likeness (QED) is 0.569. The molecule has 0 N–H and O–H groups in total. The second-order valence-electron chi connectivity index (χ2n) is 5.98. The van der Waals surface area contributed by atoms with Crippen molar-refractivity contribution in [3.63, 3.8) is 0 Å². The number of rotatable bonds is 6. The predicted octanol–water partition coefficient (Wildman–Crippen LogP) is 5.49. The standard InChI is InChI=1S/C17H28/c1-6-7-8-9-15(3)17(4,5)16-12-10-14(2)11-13-16/h10-13,15H,6-9H2,1-5H3. The Bertz CT molecular complexity index is 318. The van der Waals surface area contributed by atoms with Crippen LogP contribution in [0, 0.1) is 12.8 Å². The van der Waals surface area contributed by atoms with Crippen LogP contribution >= 0.6 is 0 Å². The SMILES string of the molecule is CCCCCC(C)C(C)(C)c1ccc(C)cc1. The Kier molecular flexibility index (Phi) is 5.24. The van der Waals surface area contributed by atoms with Crippen molar-refractivity contribution in [3.05, 3.63) is 35.4 Å². The third-order valence-corrected chi connectivity index (χ3v) is 4.27. The van der Waals surface area contributed by atoms with Gasteiger partial charge < -0.3 is 0 Å². The van der Waals surface area contributed by atoms with Gasteiger partial charge in [-0.15, -0.1) is 0 Å². The number of hydrogen-bond donors (Lipinski definition) is 0. The number of unbranched alkanes of at least 4 members (excludes halogenated alkanes) is 2. The lowest BCUT2D eigenvalue weighted by Crippen LogP contribution is -2.26. The summed E-state index contributed by atoms with van der Waals surface area (Å²) in [7, 11) is 0. The Morgan fingerprint density at radius 3 is 2.18 bits per heavy atom. The Morgan fingerprint density at radius 2 is 1.65 bits per heavy atom. The van der Waals surface area contributed by atoms with Crippen molar-refractivity contribution in [1.29, 1.82) is 0 Å². The van der Waals surface area contributed by atoms with Crippen molar-refractivity contribution >= 4 is 0 Å². The molecule has 0 spiro atoms. The molecule has 17 heavy (non-hydrogen) atoms. The van der Waals surface area contributed by atoms with E-state index in [0.29, 0.717) is 5.41 Å². The van der Waals surface area contributed by atoms with Gasteiger partial charge in [0.15, 0.2) is 0 Å². The molecule has 0 saturated heterocycles. The van der Waals surface area contributed by atoms with Crippen LogP contribution in [0.2, 0.25) is 0 Å². The first-order chi connectivity index (χ1) is 7.98. The topological polar surface area (TPSA) is 0 Å². The van der Waals surface area contributed by atoms with Gasteiger partial charge >= 0.3 is 0 Å². The van der Waals surface area contributed by atoms with Gasteiger partial charge in [-0.2, -0.15) is 0 Å². The summed E-state index contributed by atoms with van der Waals surface area (Å²) in [4.78, 5) is 0. The molecule has 0 radical (unpaired) electrons. The van der Waals surface area contributed by atoms with Crippen molar-refractivity contribution in [3.8, 4) is 0 Å². The zero-order valence-corrected chi connectivity index (χ0v) is 12.2. The van der Waals surface area contributed by atoms with Crippen LogP contribution in [0.3, 0.4) is 0 Å². The van der Waals surface area contributed by atoms with Crippen LogP contribution in [0.1, 0.15) is 64.5 Å². The van der Waals surface area contributed by atoms with Gasteiger partial charge in [0.25, 0.3) is 0 Å². The van der Waals surface area contributed by atoms with Crippen LogP contribution in [-0.2, 0) is 5.41 Å². The first-order valence-corrected chi connectivity index (χ1v) is 7.05. The molecule has 0 fully saturated rings. The number of aryl methyl sites for hydroxylation is 1. The van der Waals surface area contributed by atoms with Gasteiger partial charge in [-0.25, -0.2) is 0 Å². The summed E-state index contributed by atoms with van der Waals surface area (Å²) in [5.74, 6) is 0.747. The fraction of sp³-hybridized carbons (Fsp3) is 0.647. The van der Waals surface area contributed by atoms with E-state index in [1.165, 1.54) is 36.8 Å². The Hall–Kier alpha value is -0.780. The van der Waals surface area contributed by atoms with Gasteiger partial charge in [0, 0.05) is 0 Å². The summed E-state index contributed by atoms with van der Waals surface area (Å²) in [5, 5.41) is 0. The fourth-order valence-electron chi connectivity index (χ4n) is 2.33. The van der Waals surface area contributed by atoms with Crippen molar-refractivity contribution < 1.29 is 0 Å². The lowest BCUT2D eigenvalue weighted by Gasteiger charge is -2.32. The van der Waals surface area contributed by atoms with Crippen molar-refractivity contribution in [2.45, 2.75) is 65.7 Å². The highest BCUT2D eigenvalue weighted by atomic mass is 14.3. The van der Waals surface area contributed by atoms with Gasteiger partial charge in [0.05, 0.1) is 0 Å². The summed E-state index contributed by atoms with van der Waals surface area (Å²) >= 11 is 0. The maximum absolute atomic E-state index is 2.40. The Balaban J connectivity index is 2.68. The third kappa shape index (κ3) is 3.87. The molecule has 0 aromatic heterocycles. The molecule has 0 amide bonds. The van der Waals surface area contributed by atoms with Crippen molar-refractivity contribution in [2.24, 2.45) is 5.92 Å². The summed E-state index contributed by atoms with van der Waals surface area (Å²) in [6.45, 7) is 11.6. The fourth-order valence-corrected chi connectivity index (χ4v) is 2.33. The second-order valence-corrected chi connectivity index (χ2v) is 5.98. The molecule has 0 bridgehead atoms. The zero-order valence-electron chi connectivity index (χ0n) is 12.2. The number of benzene rings is 1.